The van der Waals surface area contributed by atoms with Gasteiger partial charge in [-0.2, -0.15) is 0 Å². The summed E-state index contributed by atoms with van der Waals surface area (Å²) in [7, 11) is 0. The van der Waals surface area contributed by atoms with Crippen molar-refractivity contribution in [3.05, 3.63) is 83.7 Å². The summed E-state index contributed by atoms with van der Waals surface area (Å²) in [5.41, 5.74) is 2.79. The molecule has 1 aromatic heterocycles. The van der Waals surface area contributed by atoms with Gasteiger partial charge in [0.05, 0.1) is 12.2 Å². The van der Waals surface area contributed by atoms with Gasteiger partial charge in [-0.1, -0.05) is 60.7 Å². The fraction of sp³-hybridized carbons (Fsp3) is 0.238. The summed E-state index contributed by atoms with van der Waals surface area (Å²) in [5.74, 6) is 0.0344. The summed E-state index contributed by atoms with van der Waals surface area (Å²) < 4.78 is 1.95. The number of nitrogens with zero attached hydrogens (tertiary/aromatic N) is 3. The van der Waals surface area contributed by atoms with Crippen LogP contribution in [0.5, 0.6) is 0 Å². The van der Waals surface area contributed by atoms with Crippen LogP contribution in [0.2, 0.25) is 0 Å². The predicted molar refractivity (Wildman–Crippen MR) is 105 cm³/mol. The van der Waals surface area contributed by atoms with Crippen LogP contribution in [0.3, 0.4) is 0 Å². The van der Waals surface area contributed by atoms with E-state index in [2.05, 4.69) is 41.9 Å². The zero-order valence-electron chi connectivity index (χ0n) is 14.5. The standard InChI is InChI=1S/C21H21N3OS/c25-20(23-13-7-8-14-23)18-15-22-21(26)24(18)19(16-9-3-1-4-10-16)17-11-5-2-6-12-17/h1-6,9-12,15,19H,7-8,13-14H2,(H,22,26). The molecule has 1 aliphatic rings. The highest BCUT2D eigenvalue weighted by Gasteiger charge is 2.28. The number of hydrogen-bond donors (Lipinski definition) is 1. The topological polar surface area (TPSA) is 38.1 Å². The number of rotatable bonds is 4. The van der Waals surface area contributed by atoms with Crippen LogP contribution in [-0.2, 0) is 0 Å². The van der Waals surface area contributed by atoms with E-state index in [0.29, 0.717) is 10.9 Å². The maximum absolute atomic E-state index is 13.1. The first-order chi connectivity index (χ1) is 12.8. The van der Waals surface area contributed by atoms with Gasteiger partial charge >= 0.3 is 0 Å². The van der Waals surface area contributed by atoms with Crippen LogP contribution in [0.4, 0.5) is 0 Å². The fourth-order valence-electron chi connectivity index (χ4n) is 3.61. The SMILES string of the molecule is O=C(c1cnc(S)n1C(c1ccccc1)c1ccccc1)N1CCCC1. The van der Waals surface area contributed by atoms with Gasteiger partial charge in [0.1, 0.15) is 5.69 Å². The Labute approximate surface area is 158 Å². The zero-order chi connectivity index (χ0) is 17.9. The second kappa shape index (κ2) is 7.38. The van der Waals surface area contributed by atoms with Crippen molar-refractivity contribution in [1.82, 2.24) is 14.5 Å². The Morgan fingerprint density at radius 1 is 0.923 bits per heavy atom. The molecule has 2 aromatic carbocycles. The summed E-state index contributed by atoms with van der Waals surface area (Å²) >= 11 is 4.58. The fourth-order valence-corrected chi connectivity index (χ4v) is 3.89. The van der Waals surface area contributed by atoms with Gasteiger partial charge in [-0.3, -0.25) is 4.79 Å². The van der Waals surface area contributed by atoms with Crippen molar-refractivity contribution >= 4 is 18.5 Å². The molecule has 0 atom stereocenters. The Bertz CT molecular complexity index is 847. The predicted octanol–water partition coefficient (Wildman–Crippen LogP) is 4.05. The molecule has 0 N–H and O–H groups in total. The van der Waals surface area contributed by atoms with Crippen LogP contribution in [0.15, 0.2) is 72.0 Å². The molecule has 1 saturated heterocycles. The molecule has 132 valence electrons. The third-order valence-corrected chi connectivity index (χ3v) is 5.21. The van der Waals surface area contributed by atoms with E-state index in [4.69, 9.17) is 0 Å². The van der Waals surface area contributed by atoms with Crippen LogP contribution in [0.1, 0.15) is 40.5 Å². The van der Waals surface area contributed by atoms with E-state index in [1.807, 2.05) is 45.9 Å². The largest absolute Gasteiger partial charge is 0.337 e. The molecule has 0 spiro atoms. The molecule has 3 aromatic rings. The maximum atomic E-state index is 13.1. The molecule has 4 rings (SSSR count). The second-order valence-electron chi connectivity index (χ2n) is 6.54. The van der Waals surface area contributed by atoms with Crippen LogP contribution in [0.25, 0.3) is 0 Å². The lowest BCUT2D eigenvalue weighted by molar-refractivity contribution is 0.0780. The summed E-state index contributed by atoms with van der Waals surface area (Å²) in [6, 6.07) is 20.2. The monoisotopic (exact) mass is 363 g/mol. The quantitative estimate of drug-likeness (QED) is 0.710. The van der Waals surface area contributed by atoms with Gasteiger partial charge in [0.25, 0.3) is 5.91 Å². The van der Waals surface area contributed by atoms with Crippen molar-refractivity contribution in [2.24, 2.45) is 0 Å². The van der Waals surface area contributed by atoms with Crippen molar-refractivity contribution in [1.29, 1.82) is 0 Å². The summed E-state index contributed by atoms with van der Waals surface area (Å²) in [6.45, 7) is 1.63. The molecule has 1 aliphatic heterocycles. The molecule has 26 heavy (non-hydrogen) atoms. The van der Waals surface area contributed by atoms with Gasteiger partial charge in [-0.25, -0.2) is 4.98 Å². The summed E-state index contributed by atoms with van der Waals surface area (Å²) in [6.07, 6.45) is 3.78. The van der Waals surface area contributed by atoms with Crippen LogP contribution >= 0.6 is 12.6 Å². The number of thiol groups is 1. The van der Waals surface area contributed by atoms with Gasteiger partial charge in [0.15, 0.2) is 5.16 Å². The number of aromatic nitrogens is 2. The smallest absolute Gasteiger partial charge is 0.272 e. The number of carbonyl (C=O) groups is 1. The van der Waals surface area contributed by atoms with Crippen LogP contribution in [-0.4, -0.2) is 33.4 Å². The third kappa shape index (κ3) is 3.15. The van der Waals surface area contributed by atoms with E-state index in [9.17, 15) is 4.79 Å². The van der Waals surface area contributed by atoms with E-state index in [-0.39, 0.29) is 11.9 Å². The summed E-state index contributed by atoms with van der Waals surface area (Å²) in [5, 5.41) is 0.547. The molecule has 2 heterocycles. The molecule has 1 amide bonds. The molecule has 0 radical (unpaired) electrons. The lowest BCUT2D eigenvalue weighted by Crippen LogP contribution is -2.31. The third-order valence-electron chi connectivity index (χ3n) is 4.88. The molecular formula is C21H21N3OS. The average Bonchev–Trinajstić information content (AvgIpc) is 3.34. The summed E-state index contributed by atoms with van der Waals surface area (Å²) in [4.78, 5) is 19.4. The van der Waals surface area contributed by atoms with Crippen molar-refractivity contribution in [3.63, 3.8) is 0 Å². The first kappa shape index (κ1) is 16.9. The van der Waals surface area contributed by atoms with E-state index in [0.717, 1.165) is 37.1 Å². The Hall–Kier alpha value is -2.53. The number of likely N-dealkylation sites (tertiary alicyclic amines) is 1. The lowest BCUT2D eigenvalue weighted by Gasteiger charge is -2.24. The first-order valence-corrected chi connectivity index (χ1v) is 9.36. The Kier molecular flexibility index (Phi) is 4.80. The van der Waals surface area contributed by atoms with Crippen LogP contribution in [0, 0.1) is 0 Å². The number of amides is 1. The normalized spacial score (nSPS) is 14.2. The number of carbonyl (C=O) groups excluding carboxylic acids is 1. The molecule has 5 heteroatoms. The van der Waals surface area contributed by atoms with Gasteiger partial charge in [-0.05, 0) is 24.0 Å². The molecule has 0 bridgehead atoms. The minimum absolute atomic E-state index is 0.0344. The zero-order valence-corrected chi connectivity index (χ0v) is 15.3. The Morgan fingerprint density at radius 3 is 2.00 bits per heavy atom. The number of imidazole rings is 1. The second-order valence-corrected chi connectivity index (χ2v) is 6.94. The lowest BCUT2D eigenvalue weighted by atomic mass is 9.98. The van der Waals surface area contributed by atoms with Gasteiger partial charge in [-0.15, -0.1) is 12.6 Å². The number of hydrogen-bond acceptors (Lipinski definition) is 3. The van der Waals surface area contributed by atoms with Crippen LogP contribution < -0.4 is 0 Å². The first-order valence-electron chi connectivity index (χ1n) is 8.91. The average molecular weight is 363 g/mol. The van der Waals surface area contributed by atoms with E-state index in [1.165, 1.54) is 0 Å². The molecule has 0 saturated carbocycles. The van der Waals surface area contributed by atoms with Crippen molar-refractivity contribution in [3.8, 4) is 0 Å². The minimum Gasteiger partial charge on any atom is -0.337 e. The molecule has 1 fully saturated rings. The molecule has 4 nitrogen and oxygen atoms in total. The van der Waals surface area contributed by atoms with E-state index >= 15 is 0 Å². The maximum Gasteiger partial charge on any atom is 0.272 e. The van der Waals surface area contributed by atoms with Gasteiger partial charge in [0.2, 0.25) is 0 Å². The molecule has 0 aliphatic carbocycles. The molecule has 0 unspecified atom stereocenters. The highest BCUT2D eigenvalue weighted by molar-refractivity contribution is 7.80. The van der Waals surface area contributed by atoms with E-state index in [1.54, 1.807) is 6.20 Å². The van der Waals surface area contributed by atoms with Crippen molar-refractivity contribution in [2.45, 2.75) is 24.0 Å². The van der Waals surface area contributed by atoms with Crippen molar-refractivity contribution < 1.29 is 4.79 Å². The van der Waals surface area contributed by atoms with E-state index < -0.39 is 0 Å². The molecular weight excluding hydrogens is 342 g/mol. The van der Waals surface area contributed by atoms with Gasteiger partial charge < -0.3 is 9.47 Å². The van der Waals surface area contributed by atoms with Crippen molar-refractivity contribution in [2.75, 3.05) is 13.1 Å². The minimum atomic E-state index is -0.144. The Morgan fingerprint density at radius 2 is 1.46 bits per heavy atom. The Balaban J connectivity index is 1.84. The van der Waals surface area contributed by atoms with Gasteiger partial charge in [0, 0.05) is 13.1 Å². The highest BCUT2D eigenvalue weighted by Crippen LogP contribution is 2.31. The number of benzene rings is 2. The highest BCUT2D eigenvalue weighted by atomic mass is 32.1.